The molecular formula is C24H22BrClFN3O. The van der Waals surface area contributed by atoms with Crippen LogP contribution >= 0.6 is 27.5 Å². The maximum Gasteiger partial charge on any atom is 0.257 e. The molecule has 0 radical (unpaired) electrons. The molecule has 0 aromatic heterocycles. The molecule has 0 saturated carbocycles. The maximum absolute atomic E-state index is 13.1. The van der Waals surface area contributed by atoms with E-state index >= 15 is 0 Å². The Labute approximate surface area is 194 Å². The molecule has 1 aliphatic heterocycles. The van der Waals surface area contributed by atoms with Crippen molar-refractivity contribution in [3.05, 3.63) is 93.2 Å². The average Bonchev–Trinajstić information content (AvgIpc) is 2.78. The monoisotopic (exact) mass is 501 g/mol. The minimum absolute atomic E-state index is 0.201. The Hall–Kier alpha value is -2.41. The van der Waals surface area contributed by atoms with Gasteiger partial charge >= 0.3 is 0 Å². The third kappa shape index (κ3) is 5.64. The molecule has 0 unspecified atom stereocenters. The van der Waals surface area contributed by atoms with Gasteiger partial charge < -0.3 is 10.2 Å². The Morgan fingerprint density at radius 3 is 2.32 bits per heavy atom. The van der Waals surface area contributed by atoms with Gasteiger partial charge in [0.15, 0.2) is 0 Å². The quantitative estimate of drug-likeness (QED) is 0.478. The lowest BCUT2D eigenvalue weighted by molar-refractivity contribution is 0.102. The average molecular weight is 503 g/mol. The van der Waals surface area contributed by atoms with Gasteiger partial charge in [0.05, 0.1) is 10.6 Å². The molecule has 1 heterocycles. The number of carbonyl (C=O) groups excluding carboxylic acids is 1. The van der Waals surface area contributed by atoms with Gasteiger partial charge in [-0.1, -0.05) is 39.7 Å². The van der Waals surface area contributed by atoms with Crippen LogP contribution < -0.4 is 10.2 Å². The third-order valence-electron chi connectivity index (χ3n) is 5.36. The second kappa shape index (κ2) is 9.81. The zero-order valence-electron chi connectivity index (χ0n) is 16.8. The number of piperazine rings is 1. The number of rotatable bonds is 5. The molecule has 1 amide bonds. The Kier molecular flexibility index (Phi) is 6.90. The highest BCUT2D eigenvalue weighted by molar-refractivity contribution is 9.10. The van der Waals surface area contributed by atoms with E-state index in [9.17, 15) is 9.18 Å². The van der Waals surface area contributed by atoms with E-state index in [1.54, 1.807) is 18.2 Å². The van der Waals surface area contributed by atoms with Gasteiger partial charge in [-0.25, -0.2) is 4.39 Å². The van der Waals surface area contributed by atoms with Crippen molar-refractivity contribution in [2.75, 3.05) is 36.4 Å². The van der Waals surface area contributed by atoms with Crippen molar-refractivity contribution in [2.24, 2.45) is 0 Å². The van der Waals surface area contributed by atoms with Gasteiger partial charge in [0, 0.05) is 48.6 Å². The smallest absolute Gasteiger partial charge is 0.257 e. The molecule has 31 heavy (non-hydrogen) atoms. The van der Waals surface area contributed by atoms with Crippen molar-refractivity contribution in [1.82, 2.24) is 4.90 Å². The lowest BCUT2D eigenvalue weighted by atomic mass is 10.1. The van der Waals surface area contributed by atoms with Crippen LogP contribution in [0, 0.1) is 5.82 Å². The lowest BCUT2D eigenvalue weighted by Crippen LogP contribution is -2.45. The number of hydrogen-bond donors (Lipinski definition) is 1. The van der Waals surface area contributed by atoms with Crippen LogP contribution in [0.3, 0.4) is 0 Å². The van der Waals surface area contributed by atoms with Crippen LogP contribution in [0.1, 0.15) is 15.9 Å². The summed E-state index contributed by atoms with van der Waals surface area (Å²) in [6.45, 7) is 4.55. The number of anilines is 2. The van der Waals surface area contributed by atoms with Crippen LogP contribution in [0.25, 0.3) is 0 Å². The van der Waals surface area contributed by atoms with Crippen LogP contribution in [-0.2, 0) is 6.54 Å². The van der Waals surface area contributed by atoms with Crippen molar-refractivity contribution in [3.8, 4) is 0 Å². The zero-order valence-corrected chi connectivity index (χ0v) is 19.2. The van der Waals surface area contributed by atoms with Gasteiger partial charge in [-0.05, 0) is 60.2 Å². The summed E-state index contributed by atoms with van der Waals surface area (Å²) in [4.78, 5) is 17.2. The predicted octanol–water partition coefficient (Wildman–Crippen LogP) is 5.82. The molecule has 0 aliphatic carbocycles. The minimum atomic E-state index is -0.242. The SMILES string of the molecule is O=C(Nc1ccc(N2CCN(Cc3ccc(F)cc3)CC2)cc1)c1cc(Br)ccc1Cl. The van der Waals surface area contributed by atoms with Crippen LogP contribution in [0.5, 0.6) is 0 Å². The number of carbonyl (C=O) groups is 1. The first-order valence-electron chi connectivity index (χ1n) is 10.1. The number of hydrogen-bond acceptors (Lipinski definition) is 3. The topological polar surface area (TPSA) is 35.6 Å². The van der Waals surface area contributed by atoms with Gasteiger partial charge in [0.25, 0.3) is 5.91 Å². The predicted molar refractivity (Wildman–Crippen MR) is 127 cm³/mol. The Bertz CT molecular complexity index is 1050. The van der Waals surface area contributed by atoms with Gasteiger partial charge in [-0.2, -0.15) is 0 Å². The summed E-state index contributed by atoms with van der Waals surface area (Å²) in [6, 6.07) is 19.8. The van der Waals surface area contributed by atoms with Gasteiger partial charge in [0.1, 0.15) is 5.82 Å². The number of nitrogens with one attached hydrogen (secondary N) is 1. The van der Waals surface area contributed by atoms with E-state index < -0.39 is 0 Å². The lowest BCUT2D eigenvalue weighted by Gasteiger charge is -2.36. The standard InChI is InChI=1S/C24H22BrClFN3O/c25-18-3-10-23(26)22(15-18)24(31)28-20-6-8-21(9-7-20)30-13-11-29(12-14-30)16-17-1-4-19(27)5-2-17/h1-10,15H,11-14,16H2,(H,28,31). The molecule has 1 aliphatic rings. The fraction of sp³-hybridized carbons (Fsp3) is 0.208. The Morgan fingerprint density at radius 2 is 1.65 bits per heavy atom. The summed E-state index contributed by atoms with van der Waals surface area (Å²) in [7, 11) is 0. The zero-order chi connectivity index (χ0) is 21.8. The van der Waals surface area contributed by atoms with Crippen LogP contribution in [0.2, 0.25) is 5.02 Å². The first kappa shape index (κ1) is 21.8. The van der Waals surface area contributed by atoms with Crippen molar-refractivity contribution in [2.45, 2.75) is 6.54 Å². The Balaban J connectivity index is 1.32. The van der Waals surface area contributed by atoms with Gasteiger partial charge in [0.2, 0.25) is 0 Å². The summed E-state index contributed by atoms with van der Waals surface area (Å²) in [5.74, 6) is -0.443. The van der Waals surface area contributed by atoms with Gasteiger partial charge in [-0.15, -0.1) is 0 Å². The summed E-state index contributed by atoms with van der Waals surface area (Å²) in [5.41, 5.74) is 3.40. The normalized spacial score (nSPS) is 14.5. The molecule has 1 N–H and O–H groups in total. The maximum atomic E-state index is 13.1. The highest BCUT2D eigenvalue weighted by Gasteiger charge is 2.18. The molecule has 0 atom stereocenters. The van der Waals surface area contributed by atoms with E-state index in [0.29, 0.717) is 10.6 Å². The van der Waals surface area contributed by atoms with Crippen molar-refractivity contribution in [3.63, 3.8) is 0 Å². The van der Waals surface area contributed by atoms with E-state index in [4.69, 9.17) is 11.6 Å². The van der Waals surface area contributed by atoms with E-state index in [1.807, 2.05) is 36.4 Å². The molecule has 0 spiro atoms. The molecule has 4 rings (SSSR count). The second-order valence-electron chi connectivity index (χ2n) is 7.51. The fourth-order valence-electron chi connectivity index (χ4n) is 3.64. The summed E-state index contributed by atoms with van der Waals surface area (Å²) in [6.07, 6.45) is 0. The van der Waals surface area contributed by atoms with E-state index in [-0.39, 0.29) is 11.7 Å². The molecule has 4 nitrogen and oxygen atoms in total. The van der Waals surface area contributed by atoms with E-state index in [2.05, 4.69) is 31.0 Å². The Morgan fingerprint density at radius 1 is 0.968 bits per heavy atom. The van der Waals surface area contributed by atoms with E-state index in [1.165, 1.54) is 12.1 Å². The third-order valence-corrected chi connectivity index (χ3v) is 6.18. The van der Waals surface area contributed by atoms with Crippen molar-refractivity contribution < 1.29 is 9.18 Å². The molecule has 160 valence electrons. The first-order chi connectivity index (χ1) is 15.0. The molecular weight excluding hydrogens is 481 g/mol. The number of amides is 1. The largest absolute Gasteiger partial charge is 0.369 e. The summed E-state index contributed by atoms with van der Waals surface area (Å²) in [5, 5.41) is 3.31. The van der Waals surface area contributed by atoms with Crippen LogP contribution in [0.4, 0.5) is 15.8 Å². The van der Waals surface area contributed by atoms with Crippen LogP contribution in [0.15, 0.2) is 71.2 Å². The van der Waals surface area contributed by atoms with Gasteiger partial charge in [-0.3, -0.25) is 9.69 Å². The molecule has 3 aromatic carbocycles. The summed E-state index contributed by atoms with van der Waals surface area (Å²) >= 11 is 9.51. The van der Waals surface area contributed by atoms with Crippen molar-refractivity contribution >= 4 is 44.8 Å². The minimum Gasteiger partial charge on any atom is -0.369 e. The van der Waals surface area contributed by atoms with Crippen LogP contribution in [-0.4, -0.2) is 37.0 Å². The number of benzene rings is 3. The van der Waals surface area contributed by atoms with E-state index in [0.717, 1.165) is 54.1 Å². The second-order valence-corrected chi connectivity index (χ2v) is 8.84. The molecule has 1 saturated heterocycles. The molecule has 1 fully saturated rings. The highest BCUT2D eigenvalue weighted by atomic mass is 79.9. The molecule has 7 heteroatoms. The summed E-state index contributed by atoms with van der Waals surface area (Å²) < 4.78 is 13.9. The highest BCUT2D eigenvalue weighted by Crippen LogP contribution is 2.24. The molecule has 3 aromatic rings. The fourth-order valence-corrected chi connectivity index (χ4v) is 4.20. The number of nitrogens with zero attached hydrogens (tertiary/aromatic N) is 2. The first-order valence-corrected chi connectivity index (χ1v) is 11.2. The molecule has 0 bridgehead atoms. The number of halogens is 3. The van der Waals surface area contributed by atoms with Crippen molar-refractivity contribution in [1.29, 1.82) is 0 Å².